The van der Waals surface area contributed by atoms with Gasteiger partial charge in [0.1, 0.15) is 0 Å². The van der Waals surface area contributed by atoms with Crippen LogP contribution in [0.3, 0.4) is 0 Å². The molecular weight excluding hydrogens is 759 g/mol. The van der Waals surface area contributed by atoms with Crippen LogP contribution in [0.2, 0.25) is 0 Å². The third-order valence-electron chi connectivity index (χ3n) is 13.8. The van der Waals surface area contributed by atoms with Crippen LogP contribution in [0.1, 0.15) is 0 Å². The lowest BCUT2D eigenvalue weighted by atomic mass is 9.33. The normalized spacial score (nSPS) is 12.4. The highest BCUT2D eigenvalue weighted by molar-refractivity contribution is 7.01. The number of fused-ring (bicyclic) bond motifs is 9. The number of rotatable bonds is 5. The molecule has 0 saturated carbocycles. The Hall–Kier alpha value is -8.14. The zero-order chi connectivity index (χ0) is 41.2. The van der Waals surface area contributed by atoms with Gasteiger partial charge in [-0.2, -0.15) is 0 Å². The summed E-state index contributed by atoms with van der Waals surface area (Å²) in [6, 6.07) is 83.5. The second-order valence-electron chi connectivity index (χ2n) is 17.2. The van der Waals surface area contributed by atoms with Gasteiger partial charge in [-0.05, 0) is 108 Å². The Kier molecular flexibility index (Phi) is 7.23. The van der Waals surface area contributed by atoms with E-state index in [9.17, 15) is 0 Å². The molecule has 2 aliphatic rings. The van der Waals surface area contributed by atoms with E-state index in [0.717, 1.165) is 0 Å². The zero-order valence-corrected chi connectivity index (χ0v) is 34.3. The van der Waals surface area contributed by atoms with E-state index in [2.05, 4.69) is 234 Å². The van der Waals surface area contributed by atoms with Gasteiger partial charge in [0.15, 0.2) is 0 Å². The standard InChI is InChI=1S/C60H37BN2/c1-6-18-38(19-7-1)43-30-31-52-48(32-43)49-34-45(39-20-8-2-9-21-39)35-51-59(49)62(52)53-36-46(40-22-10-3-11-23-40)37-54-57(53)61(51)56-47-29-17-16-28-44(47)33-50-55(41-24-12-4-13-25-41)58(63(54)60(50)56)42-26-14-5-15-27-42/h1-37H. The van der Waals surface area contributed by atoms with Crippen molar-refractivity contribution in [1.82, 2.24) is 9.13 Å². The van der Waals surface area contributed by atoms with Crippen LogP contribution < -0.4 is 16.4 Å². The maximum absolute atomic E-state index is 2.65. The lowest BCUT2D eigenvalue weighted by molar-refractivity contribution is 1.12. The minimum absolute atomic E-state index is 0.0420. The van der Waals surface area contributed by atoms with Crippen LogP contribution in [-0.2, 0) is 0 Å². The van der Waals surface area contributed by atoms with Gasteiger partial charge in [-0.15, -0.1) is 0 Å². The van der Waals surface area contributed by atoms with E-state index in [0.29, 0.717) is 0 Å². The fourth-order valence-electron chi connectivity index (χ4n) is 11.2. The third kappa shape index (κ3) is 4.91. The van der Waals surface area contributed by atoms with Gasteiger partial charge in [0, 0.05) is 38.6 Å². The monoisotopic (exact) mass is 796 g/mol. The molecule has 4 heterocycles. The van der Waals surface area contributed by atoms with Gasteiger partial charge >= 0.3 is 0 Å². The van der Waals surface area contributed by atoms with Crippen LogP contribution in [0, 0.1) is 0 Å². The van der Waals surface area contributed by atoms with Gasteiger partial charge in [0.25, 0.3) is 6.71 Å². The highest BCUT2D eigenvalue weighted by Gasteiger charge is 2.43. The molecule has 0 fully saturated rings. The predicted octanol–water partition coefficient (Wildman–Crippen LogP) is 13.4. The quantitative estimate of drug-likeness (QED) is 0.154. The summed E-state index contributed by atoms with van der Waals surface area (Å²) in [5.41, 5.74) is 22.5. The first-order chi connectivity index (χ1) is 31.3. The molecule has 2 aliphatic heterocycles. The summed E-state index contributed by atoms with van der Waals surface area (Å²) in [6.07, 6.45) is 0. The van der Waals surface area contributed by atoms with Crippen LogP contribution in [0.5, 0.6) is 0 Å². The topological polar surface area (TPSA) is 9.86 Å². The molecule has 0 bridgehead atoms. The van der Waals surface area contributed by atoms with E-state index < -0.39 is 0 Å². The summed E-state index contributed by atoms with van der Waals surface area (Å²) >= 11 is 0. The maximum Gasteiger partial charge on any atom is 0.253 e. The van der Waals surface area contributed by atoms with Crippen molar-refractivity contribution < 1.29 is 0 Å². The van der Waals surface area contributed by atoms with Crippen molar-refractivity contribution in [2.75, 3.05) is 0 Å². The number of hydrogen-bond acceptors (Lipinski definition) is 0. The first kappa shape index (κ1) is 34.6. The zero-order valence-electron chi connectivity index (χ0n) is 34.3. The van der Waals surface area contributed by atoms with Gasteiger partial charge < -0.3 is 9.13 Å². The smallest absolute Gasteiger partial charge is 0.253 e. The molecule has 0 N–H and O–H groups in total. The predicted molar refractivity (Wildman–Crippen MR) is 267 cm³/mol. The minimum atomic E-state index is -0.0420. The van der Waals surface area contributed by atoms with Crippen LogP contribution in [-0.4, -0.2) is 15.8 Å². The Balaban J connectivity index is 1.22. The molecule has 0 radical (unpaired) electrons. The Morgan fingerprint density at radius 2 is 0.825 bits per heavy atom. The highest BCUT2D eigenvalue weighted by Crippen LogP contribution is 2.47. The molecule has 0 spiro atoms. The van der Waals surface area contributed by atoms with Crippen LogP contribution in [0.4, 0.5) is 0 Å². The van der Waals surface area contributed by atoms with Gasteiger partial charge in [0.2, 0.25) is 0 Å². The van der Waals surface area contributed by atoms with Crippen molar-refractivity contribution in [1.29, 1.82) is 0 Å². The molecule has 2 aromatic heterocycles. The van der Waals surface area contributed by atoms with Gasteiger partial charge in [-0.25, -0.2) is 0 Å². The largest absolute Gasteiger partial charge is 0.310 e. The second-order valence-corrected chi connectivity index (χ2v) is 17.2. The first-order valence-corrected chi connectivity index (χ1v) is 22.0. The molecule has 2 nitrogen and oxygen atoms in total. The third-order valence-corrected chi connectivity index (χ3v) is 13.8. The SMILES string of the molecule is c1ccc(-c2cc3c4c(c2)-n2c5ccc(-c6ccccc6)cc5c5cc(-c6ccccc6)cc(c52)B4c2c4ccccc4cc4c(-c5ccccc5)c(-c5ccccc5)n-3c24)cc1. The molecule has 0 amide bonds. The van der Waals surface area contributed by atoms with Gasteiger partial charge in [-0.3, -0.25) is 0 Å². The van der Waals surface area contributed by atoms with Gasteiger partial charge in [-0.1, -0.05) is 188 Å². The highest BCUT2D eigenvalue weighted by atomic mass is 15.0. The molecule has 12 aromatic rings. The summed E-state index contributed by atoms with van der Waals surface area (Å²) in [5, 5.41) is 6.38. The van der Waals surface area contributed by atoms with Crippen LogP contribution >= 0.6 is 0 Å². The summed E-state index contributed by atoms with van der Waals surface area (Å²) in [4.78, 5) is 0. The minimum Gasteiger partial charge on any atom is -0.310 e. The van der Waals surface area contributed by atoms with Gasteiger partial charge in [0.05, 0.1) is 16.7 Å². The molecule has 3 heteroatoms. The molecule has 0 unspecified atom stereocenters. The van der Waals surface area contributed by atoms with E-state index in [1.54, 1.807) is 0 Å². The first-order valence-electron chi connectivity index (χ1n) is 22.0. The molecular formula is C60H37BN2. The fraction of sp³-hybridized carbons (Fsp3) is 0. The lowest BCUT2D eigenvalue weighted by Crippen LogP contribution is -2.59. The lowest BCUT2D eigenvalue weighted by Gasteiger charge is -2.35. The summed E-state index contributed by atoms with van der Waals surface area (Å²) < 4.78 is 5.27. The Bertz CT molecular complexity index is 3810. The van der Waals surface area contributed by atoms with Crippen molar-refractivity contribution in [2.24, 2.45) is 0 Å². The van der Waals surface area contributed by atoms with E-state index in [-0.39, 0.29) is 6.71 Å². The van der Waals surface area contributed by atoms with E-state index >= 15 is 0 Å². The number of aromatic nitrogens is 2. The molecule has 63 heavy (non-hydrogen) atoms. The Morgan fingerprint density at radius 1 is 0.302 bits per heavy atom. The number of benzene rings is 10. The van der Waals surface area contributed by atoms with E-state index in [4.69, 9.17) is 0 Å². The second kappa shape index (κ2) is 13.2. The number of nitrogens with zero attached hydrogens (tertiary/aromatic N) is 2. The van der Waals surface area contributed by atoms with Crippen molar-refractivity contribution >= 4 is 66.6 Å². The van der Waals surface area contributed by atoms with Crippen molar-refractivity contribution in [3.05, 3.63) is 224 Å². The fourth-order valence-corrected chi connectivity index (χ4v) is 11.2. The van der Waals surface area contributed by atoms with Crippen molar-refractivity contribution in [3.8, 4) is 67.1 Å². The molecule has 290 valence electrons. The van der Waals surface area contributed by atoms with Crippen LogP contribution in [0.25, 0.3) is 111 Å². The van der Waals surface area contributed by atoms with E-state index in [1.807, 2.05) is 0 Å². The molecule has 0 saturated heterocycles. The van der Waals surface area contributed by atoms with Crippen molar-refractivity contribution in [2.45, 2.75) is 0 Å². The summed E-state index contributed by atoms with van der Waals surface area (Å²) in [6.45, 7) is -0.0420. The Morgan fingerprint density at radius 3 is 1.48 bits per heavy atom. The maximum atomic E-state index is 2.65. The average Bonchev–Trinajstić information content (AvgIpc) is 3.88. The summed E-state index contributed by atoms with van der Waals surface area (Å²) in [5.74, 6) is 0. The number of hydrogen-bond donors (Lipinski definition) is 0. The molecule has 0 atom stereocenters. The van der Waals surface area contributed by atoms with Crippen molar-refractivity contribution in [3.63, 3.8) is 0 Å². The van der Waals surface area contributed by atoms with E-state index in [1.165, 1.54) is 127 Å². The Labute approximate surface area is 365 Å². The molecule has 0 aliphatic carbocycles. The summed E-state index contributed by atoms with van der Waals surface area (Å²) in [7, 11) is 0. The molecule has 10 aromatic carbocycles. The molecule has 14 rings (SSSR count). The van der Waals surface area contributed by atoms with Crippen LogP contribution in [0.15, 0.2) is 224 Å². The average molecular weight is 797 g/mol.